The first-order valence-electron chi connectivity index (χ1n) is 22.4. The Kier molecular flexibility index (Phi) is 15.4. The third-order valence-corrected chi connectivity index (χ3v) is 13.2. The second-order valence-electron chi connectivity index (χ2n) is 18.1. The van der Waals surface area contributed by atoms with Crippen LogP contribution in [-0.4, -0.2) is 109 Å². The van der Waals surface area contributed by atoms with Crippen LogP contribution in [0.1, 0.15) is 61.0 Å². The van der Waals surface area contributed by atoms with E-state index in [1.807, 2.05) is 53.6 Å². The average molecular weight is 930 g/mol. The Bertz CT molecular complexity index is 2820. The molecule has 17 heteroatoms. The molecule has 17 nitrogen and oxygen atoms in total. The number of carbonyl (C=O) groups excluding carboxylic acids is 2. The number of aliphatic hydroxyl groups excluding tert-OH is 2. The Balaban J connectivity index is 1.58. The van der Waals surface area contributed by atoms with Crippen LogP contribution in [0.25, 0.3) is 38.7 Å². The number of phenols is 1. The number of anilines is 1. The second kappa shape index (κ2) is 20.5. The van der Waals surface area contributed by atoms with E-state index in [0.29, 0.717) is 13.2 Å². The van der Waals surface area contributed by atoms with Gasteiger partial charge in [-0.25, -0.2) is 4.98 Å². The number of fused-ring (bicyclic) bond motifs is 2. The molecule has 67 heavy (non-hydrogen) atoms. The average Bonchev–Trinajstić information content (AvgIpc) is 3.54. The molecule has 6 rings (SSSR count). The molecule has 0 spiro atoms. The van der Waals surface area contributed by atoms with Crippen LogP contribution in [0.2, 0.25) is 0 Å². The van der Waals surface area contributed by atoms with Crippen molar-refractivity contribution in [3.8, 4) is 17.2 Å². The van der Waals surface area contributed by atoms with E-state index < -0.39 is 69.9 Å². The molecule has 4 bridgehead atoms. The van der Waals surface area contributed by atoms with Gasteiger partial charge in [-0.1, -0.05) is 52.8 Å². The lowest BCUT2D eigenvalue weighted by atomic mass is 9.73. The molecular formula is C50H63N3O14. The fourth-order valence-electron chi connectivity index (χ4n) is 8.73. The zero-order valence-corrected chi connectivity index (χ0v) is 40.2. The predicted molar refractivity (Wildman–Crippen MR) is 253 cm³/mol. The first-order chi connectivity index (χ1) is 31.6. The van der Waals surface area contributed by atoms with Crippen molar-refractivity contribution in [1.29, 1.82) is 0 Å². The largest absolute Gasteiger partial charge is 0.507 e. The van der Waals surface area contributed by atoms with Gasteiger partial charge in [0, 0.05) is 68.0 Å². The molecule has 3 aromatic carbocycles. The minimum Gasteiger partial charge on any atom is -0.507 e. The number of hydrogen-bond acceptors (Lipinski definition) is 16. The molecule has 4 N–H and O–H groups in total. The number of aromatic hydroxyl groups is 1. The third-order valence-electron chi connectivity index (χ3n) is 13.2. The lowest BCUT2D eigenvalue weighted by Gasteiger charge is -2.39. The van der Waals surface area contributed by atoms with Gasteiger partial charge in [0.25, 0.3) is 5.91 Å². The summed E-state index contributed by atoms with van der Waals surface area (Å²) in [5.74, 6) is -5.65. The number of carbonyl (C=O) groups is 2. The van der Waals surface area contributed by atoms with E-state index in [-0.39, 0.29) is 97.7 Å². The smallest absolute Gasteiger partial charge is 0.307 e. The number of esters is 1. The zero-order chi connectivity index (χ0) is 49.2. The Morgan fingerprint density at radius 2 is 1.66 bits per heavy atom. The molecule has 1 amide bonds. The number of amides is 1. The van der Waals surface area contributed by atoms with Gasteiger partial charge >= 0.3 is 11.8 Å². The first kappa shape index (κ1) is 50.4. The molecule has 0 unspecified atom stereocenters. The van der Waals surface area contributed by atoms with Crippen LogP contribution in [-0.2, 0) is 28.5 Å². The van der Waals surface area contributed by atoms with E-state index in [9.17, 15) is 34.5 Å². The van der Waals surface area contributed by atoms with Gasteiger partial charge in [0.05, 0.1) is 42.3 Å². The molecule has 3 heterocycles. The molecule has 0 fully saturated rings. The van der Waals surface area contributed by atoms with Crippen LogP contribution >= 0.6 is 0 Å². The van der Waals surface area contributed by atoms with Crippen molar-refractivity contribution in [1.82, 2.24) is 9.88 Å². The number of nitrogens with zero attached hydrogens (tertiary/aromatic N) is 2. The van der Waals surface area contributed by atoms with Gasteiger partial charge in [0.15, 0.2) is 22.4 Å². The van der Waals surface area contributed by atoms with Gasteiger partial charge in [0.1, 0.15) is 41.2 Å². The van der Waals surface area contributed by atoms with E-state index >= 15 is 0 Å². The highest BCUT2D eigenvalue weighted by atomic mass is 16.7. The maximum atomic E-state index is 14.8. The van der Waals surface area contributed by atoms with Crippen LogP contribution in [0.4, 0.5) is 5.69 Å². The molecule has 0 saturated carbocycles. The highest BCUT2D eigenvalue weighted by molar-refractivity contribution is 6.16. The molecule has 0 aliphatic carbocycles. The number of phenolic OH excluding ortho intramolecular Hbond substituents is 1. The normalized spacial score (nSPS) is 28.0. The van der Waals surface area contributed by atoms with Crippen molar-refractivity contribution in [3.05, 3.63) is 79.5 Å². The standard InChI is InChI=1S/C50H63N3O14/c1-24-14-13-15-25(2)49(60)52-41-44(58)37-36(40-47(41)66-35-23-32(22-33(55)39(35)51-40)63-21-20-62-19-17-53(10)11)38-46(30(7)43(37)57)67-50(9,48(38)59)64-18-16-34(61-12)29(6)45(65-31(8)54)28(5)26(3)27(4)42(24)56/h13-16,18,22-24,26-29,34,42,45,56-57,59H,17,19-21H2,1-12H3,(H,52,60)/b14-13+,18-16+,25-15-/t24-,26+,27-,28+,29+,34-,42-,45-,50-/m0/s1. The number of benzene rings is 3. The van der Waals surface area contributed by atoms with Crippen molar-refractivity contribution < 1.29 is 57.7 Å². The fourth-order valence-corrected chi connectivity index (χ4v) is 8.73. The number of hydrogen-bond donors (Lipinski definition) is 4. The van der Waals surface area contributed by atoms with Gasteiger partial charge in [-0.05, 0) is 51.8 Å². The summed E-state index contributed by atoms with van der Waals surface area (Å²) >= 11 is 0. The van der Waals surface area contributed by atoms with Crippen LogP contribution < -0.4 is 30.9 Å². The van der Waals surface area contributed by atoms with Gasteiger partial charge in [0.2, 0.25) is 10.9 Å². The number of likely N-dealkylation sites (N-methyl/N-ethyl adjacent to an activating group) is 1. The molecule has 2 aliphatic rings. The molecular weight excluding hydrogens is 867 g/mol. The number of aliphatic hydroxyl groups is 2. The Hall–Kier alpha value is -6.01. The summed E-state index contributed by atoms with van der Waals surface area (Å²) in [7, 11) is 5.35. The van der Waals surface area contributed by atoms with Crippen molar-refractivity contribution in [2.24, 2.45) is 29.6 Å². The van der Waals surface area contributed by atoms with E-state index in [0.717, 1.165) is 0 Å². The summed E-state index contributed by atoms with van der Waals surface area (Å²) in [6.45, 7) is 16.9. The Morgan fingerprint density at radius 1 is 0.940 bits per heavy atom. The SMILES string of the molecule is CO[C@H]1/C=C/O[C@@]2(C)Oc3c(C)c(O)c4c(=O)c(c5oc6cc(OCCOCCN(C)C)cc(=O)c6nc5c4c3=C2O)NC(=O)/C(C)=C\C=C\[C@H](C)[C@H](O)[C@@H](C)[C@@H](C)[C@@H](C)[C@H](OC(C)=O)[C@@H]1C. The van der Waals surface area contributed by atoms with Crippen LogP contribution in [0.5, 0.6) is 17.2 Å². The van der Waals surface area contributed by atoms with Gasteiger partial charge in [-0.3, -0.25) is 19.2 Å². The molecule has 9 atom stereocenters. The number of methoxy groups -OCH3 is 1. The maximum absolute atomic E-state index is 14.8. The van der Waals surface area contributed by atoms with Gasteiger partial charge in [-0.2, -0.15) is 0 Å². The number of nitrogens with one attached hydrogen (secondary N) is 1. The van der Waals surface area contributed by atoms with E-state index in [2.05, 4.69) is 5.32 Å². The van der Waals surface area contributed by atoms with E-state index in [4.69, 9.17) is 37.8 Å². The van der Waals surface area contributed by atoms with Crippen molar-refractivity contribution >= 4 is 56.3 Å². The van der Waals surface area contributed by atoms with Gasteiger partial charge < -0.3 is 58.4 Å². The van der Waals surface area contributed by atoms with Crippen molar-refractivity contribution in [2.45, 2.75) is 86.4 Å². The van der Waals surface area contributed by atoms with Crippen molar-refractivity contribution in [3.63, 3.8) is 0 Å². The first-order valence-corrected chi connectivity index (χ1v) is 22.4. The maximum Gasteiger partial charge on any atom is 0.307 e. The van der Waals surface area contributed by atoms with Crippen LogP contribution in [0.3, 0.4) is 0 Å². The highest BCUT2D eigenvalue weighted by Crippen LogP contribution is 2.42. The lowest BCUT2D eigenvalue weighted by molar-refractivity contribution is -0.157. The number of rotatable bonds is 9. The summed E-state index contributed by atoms with van der Waals surface area (Å²) in [4.78, 5) is 61.7. The predicted octanol–water partition coefficient (Wildman–Crippen LogP) is 5.79. The van der Waals surface area contributed by atoms with Crippen LogP contribution in [0.15, 0.2) is 62.3 Å². The zero-order valence-electron chi connectivity index (χ0n) is 40.2. The van der Waals surface area contributed by atoms with E-state index in [1.165, 1.54) is 59.3 Å². The molecule has 4 aromatic rings. The molecule has 1 aromatic heterocycles. The Morgan fingerprint density at radius 3 is 2.33 bits per heavy atom. The number of ether oxygens (including phenoxy) is 6. The monoisotopic (exact) mass is 929 g/mol. The molecule has 2 aliphatic heterocycles. The minimum absolute atomic E-state index is 0.0484. The van der Waals surface area contributed by atoms with Crippen LogP contribution in [0, 0.1) is 36.5 Å². The summed E-state index contributed by atoms with van der Waals surface area (Å²) < 4.78 is 42.0. The summed E-state index contributed by atoms with van der Waals surface area (Å²) in [6.07, 6.45) is 5.59. The third kappa shape index (κ3) is 10.1. The molecule has 362 valence electrons. The second-order valence-corrected chi connectivity index (χ2v) is 18.1. The topological polar surface area (TPSA) is 226 Å². The summed E-state index contributed by atoms with van der Waals surface area (Å²) in [5.41, 5.74) is -2.37. The van der Waals surface area contributed by atoms with Gasteiger partial charge in [-0.15, -0.1) is 0 Å². The Labute approximate surface area is 388 Å². The quantitative estimate of drug-likeness (QED) is 0.0674. The minimum atomic E-state index is -1.96. The fraction of sp³-hybridized carbons (Fsp3) is 0.500. The van der Waals surface area contributed by atoms with Crippen molar-refractivity contribution in [2.75, 3.05) is 52.9 Å². The van der Waals surface area contributed by atoms with E-state index in [1.54, 1.807) is 18.2 Å². The molecule has 0 saturated heterocycles. The number of aromatic nitrogens is 1. The summed E-state index contributed by atoms with van der Waals surface area (Å²) in [5, 5.41) is 37.7. The highest BCUT2D eigenvalue weighted by Gasteiger charge is 2.44. The number of allylic oxidation sites excluding steroid dienone is 2. The lowest BCUT2D eigenvalue weighted by Crippen LogP contribution is -2.43. The molecule has 0 radical (unpaired) electrons. The summed E-state index contributed by atoms with van der Waals surface area (Å²) in [6, 6.07) is 2.66.